The van der Waals surface area contributed by atoms with Crippen LogP contribution >= 0.6 is 0 Å². The highest BCUT2D eigenvalue weighted by molar-refractivity contribution is 5.93. The maximum atomic E-state index is 13.8. The number of benzene rings is 1. The van der Waals surface area contributed by atoms with Crippen LogP contribution in [0.3, 0.4) is 0 Å². The Labute approximate surface area is 183 Å². The topological polar surface area (TPSA) is 53.6 Å². The lowest BCUT2D eigenvalue weighted by Crippen LogP contribution is -2.48. The zero-order valence-corrected chi connectivity index (χ0v) is 18.8. The highest BCUT2D eigenvalue weighted by Gasteiger charge is 2.26. The molecule has 2 N–H and O–H groups in total. The molecule has 3 atom stereocenters. The van der Waals surface area contributed by atoms with Gasteiger partial charge in [-0.15, -0.1) is 0 Å². The van der Waals surface area contributed by atoms with Gasteiger partial charge >= 0.3 is 0 Å². The van der Waals surface area contributed by atoms with E-state index in [0.717, 1.165) is 32.2 Å². The Hall–Kier alpha value is -2.06. The Morgan fingerprint density at radius 2 is 1.97 bits per heavy atom. The summed E-state index contributed by atoms with van der Waals surface area (Å²) in [6.07, 6.45) is 5.63. The van der Waals surface area contributed by atoms with E-state index >= 15 is 0 Å². The van der Waals surface area contributed by atoms with E-state index in [2.05, 4.69) is 22.5 Å². The first-order valence-electron chi connectivity index (χ1n) is 11.0. The van der Waals surface area contributed by atoms with Crippen molar-refractivity contribution in [3.05, 3.63) is 46.9 Å². The van der Waals surface area contributed by atoms with Crippen molar-refractivity contribution < 1.29 is 22.7 Å². The van der Waals surface area contributed by atoms with Gasteiger partial charge in [0.05, 0.1) is 12.6 Å². The minimum atomic E-state index is -1.02. The number of carbonyl (C=O) groups excluding carboxylic acids is 1. The van der Waals surface area contributed by atoms with Crippen LogP contribution in [-0.2, 0) is 16.1 Å². The number of hydrogen-bond donors (Lipinski definition) is 2. The van der Waals surface area contributed by atoms with Crippen molar-refractivity contribution in [3.63, 3.8) is 0 Å². The fourth-order valence-corrected chi connectivity index (χ4v) is 3.56. The van der Waals surface area contributed by atoms with Gasteiger partial charge in [-0.05, 0) is 32.2 Å². The molecule has 1 amide bonds. The van der Waals surface area contributed by atoms with E-state index in [9.17, 15) is 18.0 Å². The number of ether oxygens (including phenoxy) is 1. The molecule has 31 heavy (non-hydrogen) atoms. The zero-order valence-electron chi connectivity index (χ0n) is 18.8. The highest BCUT2D eigenvalue weighted by atomic mass is 19.1. The van der Waals surface area contributed by atoms with Crippen LogP contribution in [0.5, 0.6) is 0 Å². The molecule has 0 aliphatic carbocycles. The van der Waals surface area contributed by atoms with Crippen molar-refractivity contribution in [2.75, 3.05) is 20.1 Å². The molecule has 0 saturated carbocycles. The highest BCUT2D eigenvalue weighted by Crippen LogP contribution is 2.19. The fraction of sp³-hybridized carbons (Fsp3) is 0.609. The van der Waals surface area contributed by atoms with E-state index in [1.807, 2.05) is 20.9 Å². The molecule has 1 aromatic rings. The third kappa shape index (κ3) is 7.25. The molecular weight excluding hydrogens is 407 g/mol. The van der Waals surface area contributed by atoms with Gasteiger partial charge in [0.1, 0.15) is 23.7 Å². The molecule has 0 aromatic heterocycles. The van der Waals surface area contributed by atoms with Crippen molar-refractivity contribution in [2.24, 2.45) is 5.92 Å². The molecule has 0 unspecified atom stereocenters. The second-order valence-corrected chi connectivity index (χ2v) is 8.12. The molecule has 8 heteroatoms. The largest absolute Gasteiger partial charge is 0.387 e. The number of amides is 1. The lowest BCUT2D eigenvalue weighted by molar-refractivity contribution is -0.128. The standard InChI is InChI=1S/C23H34F3N3O2/c1-5-7-17-8-9-29(4)22(31-17)14-27-12-18(15(3)6-2)23(30)28-13-19-20(25)10-16(24)11-21(19)26/h10-12,15,17,22,27H,5-9,13-14H2,1-4H3,(H,28,30)/b18-12+/t15-,17+,22+/m0/s1. The number of halogens is 3. The predicted molar refractivity (Wildman–Crippen MR) is 115 cm³/mol. The normalized spacial score (nSPS) is 21.1. The maximum Gasteiger partial charge on any atom is 0.249 e. The van der Waals surface area contributed by atoms with Crippen LogP contribution in [0, 0.1) is 23.4 Å². The molecule has 1 saturated heterocycles. The molecule has 1 aromatic carbocycles. The molecule has 1 fully saturated rings. The second kappa shape index (κ2) is 12.1. The van der Waals surface area contributed by atoms with E-state index in [1.54, 1.807) is 6.20 Å². The van der Waals surface area contributed by atoms with Gasteiger partial charge in [0.25, 0.3) is 0 Å². The number of likely N-dealkylation sites (N-methyl/N-ethyl adjacent to an activating group) is 1. The quantitative estimate of drug-likeness (QED) is 0.537. The summed E-state index contributed by atoms with van der Waals surface area (Å²) in [4.78, 5) is 14.8. The Morgan fingerprint density at radius 1 is 1.29 bits per heavy atom. The smallest absolute Gasteiger partial charge is 0.249 e. The van der Waals surface area contributed by atoms with Crippen molar-refractivity contribution >= 4 is 5.91 Å². The van der Waals surface area contributed by atoms with Crippen LogP contribution in [0.25, 0.3) is 0 Å². The van der Waals surface area contributed by atoms with E-state index in [4.69, 9.17) is 4.74 Å². The number of nitrogens with zero attached hydrogens (tertiary/aromatic N) is 1. The first-order valence-corrected chi connectivity index (χ1v) is 11.0. The molecule has 0 radical (unpaired) electrons. The molecule has 0 bridgehead atoms. The summed E-state index contributed by atoms with van der Waals surface area (Å²) in [5.74, 6) is -3.53. The minimum Gasteiger partial charge on any atom is -0.387 e. The van der Waals surface area contributed by atoms with Gasteiger partial charge in [0.15, 0.2) is 0 Å². The van der Waals surface area contributed by atoms with Crippen LogP contribution < -0.4 is 10.6 Å². The van der Waals surface area contributed by atoms with Crippen LogP contribution in [0.15, 0.2) is 23.9 Å². The molecule has 1 aliphatic heterocycles. The van der Waals surface area contributed by atoms with Crippen LogP contribution in [0.2, 0.25) is 0 Å². The minimum absolute atomic E-state index is 0.0618. The Morgan fingerprint density at radius 3 is 2.58 bits per heavy atom. The molecular formula is C23H34F3N3O2. The van der Waals surface area contributed by atoms with Crippen molar-refractivity contribution in [1.29, 1.82) is 0 Å². The van der Waals surface area contributed by atoms with E-state index in [1.165, 1.54) is 0 Å². The molecule has 2 rings (SSSR count). The number of hydrogen-bond acceptors (Lipinski definition) is 4. The summed E-state index contributed by atoms with van der Waals surface area (Å²) in [5, 5.41) is 5.73. The van der Waals surface area contributed by atoms with Crippen molar-refractivity contribution in [2.45, 2.75) is 65.3 Å². The van der Waals surface area contributed by atoms with Gasteiger partial charge in [-0.25, -0.2) is 13.2 Å². The molecule has 1 aliphatic rings. The number of rotatable bonds is 10. The fourth-order valence-electron chi connectivity index (χ4n) is 3.56. The van der Waals surface area contributed by atoms with Crippen LogP contribution in [0.4, 0.5) is 13.2 Å². The van der Waals surface area contributed by atoms with Gasteiger partial charge in [-0.3, -0.25) is 9.69 Å². The van der Waals surface area contributed by atoms with Gasteiger partial charge < -0.3 is 15.4 Å². The monoisotopic (exact) mass is 441 g/mol. The average Bonchev–Trinajstić information content (AvgIpc) is 2.72. The van der Waals surface area contributed by atoms with E-state index in [0.29, 0.717) is 24.3 Å². The Bertz CT molecular complexity index is 749. The predicted octanol–water partition coefficient (Wildman–Crippen LogP) is 4.09. The molecule has 5 nitrogen and oxygen atoms in total. The van der Waals surface area contributed by atoms with E-state index < -0.39 is 23.4 Å². The Balaban J connectivity index is 2.00. The summed E-state index contributed by atoms with van der Waals surface area (Å²) in [6, 6.07) is 1.20. The summed E-state index contributed by atoms with van der Waals surface area (Å²) < 4.78 is 46.9. The molecule has 0 spiro atoms. The first-order chi connectivity index (χ1) is 14.8. The number of nitrogens with one attached hydrogen (secondary N) is 2. The number of carbonyl (C=O) groups is 1. The maximum absolute atomic E-state index is 13.8. The van der Waals surface area contributed by atoms with Crippen molar-refractivity contribution in [3.8, 4) is 0 Å². The summed E-state index contributed by atoms with van der Waals surface area (Å²) in [6.45, 7) is 7.11. The zero-order chi connectivity index (χ0) is 23.0. The Kier molecular flexibility index (Phi) is 9.84. The summed E-state index contributed by atoms with van der Waals surface area (Å²) in [5.41, 5.74) is 0.111. The van der Waals surface area contributed by atoms with Crippen molar-refractivity contribution in [1.82, 2.24) is 15.5 Å². The lowest BCUT2D eigenvalue weighted by Gasteiger charge is -2.37. The lowest BCUT2D eigenvalue weighted by atomic mass is 9.98. The summed E-state index contributed by atoms with van der Waals surface area (Å²) >= 11 is 0. The third-order valence-electron chi connectivity index (χ3n) is 5.74. The van der Waals surface area contributed by atoms with Gasteiger partial charge in [0, 0.05) is 42.6 Å². The van der Waals surface area contributed by atoms with Gasteiger partial charge in [-0.2, -0.15) is 0 Å². The SMILES string of the molecule is CCC[C@@H]1CCN(C)[C@@H](CN/C=C(/C(=O)NCc2c(F)cc(F)cc2F)[C@@H](C)CC)O1. The van der Waals surface area contributed by atoms with Gasteiger partial charge in [-0.1, -0.05) is 27.2 Å². The van der Waals surface area contributed by atoms with E-state index in [-0.39, 0.29) is 30.4 Å². The third-order valence-corrected chi connectivity index (χ3v) is 5.74. The molecule has 174 valence electrons. The average molecular weight is 442 g/mol. The van der Waals surface area contributed by atoms with Crippen LogP contribution in [-0.4, -0.2) is 43.3 Å². The summed E-state index contributed by atoms with van der Waals surface area (Å²) in [7, 11) is 2.01. The second-order valence-electron chi connectivity index (χ2n) is 8.12. The van der Waals surface area contributed by atoms with Gasteiger partial charge in [0.2, 0.25) is 5.91 Å². The molecule has 1 heterocycles. The first kappa shape index (κ1) is 25.2. The van der Waals surface area contributed by atoms with Crippen LogP contribution in [0.1, 0.15) is 52.0 Å².